The number of carboxylic acids is 1. The highest BCUT2D eigenvalue weighted by molar-refractivity contribution is 6.32. The first-order valence-electron chi connectivity index (χ1n) is 5.07. The number of hydrogen-bond acceptors (Lipinski definition) is 3. The maximum atomic E-state index is 11.0. The summed E-state index contributed by atoms with van der Waals surface area (Å²) in [5.41, 5.74) is 1.55. The Hall–Kier alpha value is -2.20. The summed E-state index contributed by atoms with van der Waals surface area (Å²) in [6.45, 7) is 0. The zero-order valence-corrected chi connectivity index (χ0v) is 9.89. The Balaban J connectivity index is 2.61. The SMILES string of the molecule is O=Cc1ccccc1-c1cnc(Cl)c(C(=O)O)c1. The molecule has 0 saturated carbocycles. The monoisotopic (exact) mass is 261 g/mol. The second-order valence-corrected chi connectivity index (χ2v) is 3.93. The van der Waals surface area contributed by atoms with Crippen molar-refractivity contribution >= 4 is 23.9 Å². The van der Waals surface area contributed by atoms with Crippen LogP contribution >= 0.6 is 11.6 Å². The van der Waals surface area contributed by atoms with Crippen molar-refractivity contribution in [2.24, 2.45) is 0 Å². The number of pyridine rings is 1. The molecule has 0 aliphatic rings. The quantitative estimate of drug-likeness (QED) is 0.681. The number of carbonyl (C=O) groups is 2. The summed E-state index contributed by atoms with van der Waals surface area (Å²) in [6.07, 6.45) is 2.15. The fraction of sp³-hybridized carbons (Fsp3) is 0. The van der Waals surface area contributed by atoms with Crippen LogP contribution in [0.4, 0.5) is 0 Å². The van der Waals surface area contributed by atoms with Crippen molar-refractivity contribution < 1.29 is 14.7 Å². The zero-order chi connectivity index (χ0) is 13.1. The van der Waals surface area contributed by atoms with Gasteiger partial charge in [-0.2, -0.15) is 0 Å². The molecule has 0 bridgehead atoms. The van der Waals surface area contributed by atoms with Crippen molar-refractivity contribution in [1.29, 1.82) is 0 Å². The fourth-order valence-corrected chi connectivity index (χ4v) is 1.79. The molecule has 1 aromatic heterocycles. The lowest BCUT2D eigenvalue weighted by Crippen LogP contribution is -2.00. The summed E-state index contributed by atoms with van der Waals surface area (Å²) >= 11 is 5.69. The van der Waals surface area contributed by atoms with Gasteiger partial charge in [0.1, 0.15) is 5.15 Å². The second-order valence-electron chi connectivity index (χ2n) is 3.57. The van der Waals surface area contributed by atoms with E-state index in [4.69, 9.17) is 16.7 Å². The van der Waals surface area contributed by atoms with Crippen LogP contribution in [0.2, 0.25) is 5.15 Å². The van der Waals surface area contributed by atoms with Crippen molar-refractivity contribution in [1.82, 2.24) is 4.98 Å². The Bertz CT molecular complexity index is 625. The molecule has 2 rings (SSSR count). The average Bonchev–Trinajstić information content (AvgIpc) is 2.39. The zero-order valence-electron chi connectivity index (χ0n) is 9.13. The van der Waals surface area contributed by atoms with E-state index >= 15 is 0 Å². The van der Waals surface area contributed by atoms with Crippen LogP contribution in [-0.4, -0.2) is 22.3 Å². The van der Waals surface area contributed by atoms with Gasteiger partial charge in [0.25, 0.3) is 0 Å². The molecule has 1 N–H and O–H groups in total. The molecule has 0 unspecified atom stereocenters. The standard InChI is InChI=1S/C13H8ClNO3/c14-12-11(13(17)18)5-9(6-15-12)10-4-2-1-3-8(10)7-16/h1-7H,(H,17,18). The molecule has 18 heavy (non-hydrogen) atoms. The largest absolute Gasteiger partial charge is 0.478 e. The molecular weight excluding hydrogens is 254 g/mol. The van der Waals surface area contributed by atoms with Gasteiger partial charge in [-0.3, -0.25) is 4.79 Å². The number of aromatic nitrogens is 1. The van der Waals surface area contributed by atoms with E-state index in [2.05, 4.69) is 4.98 Å². The van der Waals surface area contributed by atoms with E-state index in [1.807, 2.05) is 0 Å². The minimum Gasteiger partial charge on any atom is -0.478 e. The predicted octanol–water partition coefficient (Wildman–Crippen LogP) is 2.91. The first-order valence-corrected chi connectivity index (χ1v) is 5.44. The Morgan fingerprint density at radius 1 is 1.33 bits per heavy atom. The normalized spacial score (nSPS) is 10.1. The van der Waals surface area contributed by atoms with E-state index < -0.39 is 5.97 Å². The predicted molar refractivity (Wildman–Crippen MR) is 67.0 cm³/mol. The lowest BCUT2D eigenvalue weighted by Gasteiger charge is -2.06. The van der Waals surface area contributed by atoms with E-state index in [0.29, 0.717) is 23.0 Å². The third kappa shape index (κ3) is 2.24. The highest BCUT2D eigenvalue weighted by Gasteiger charge is 2.13. The smallest absolute Gasteiger partial charge is 0.338 e. The number of carbonyl (C=O) groups excluding carboxylic acids is 1. The first kappa shape index (κ1) is 12.3. The van der Waals surface area contributed by atoms with E-state index in [0.717, 1.165) is 0 Å². The van der Waals surface area contributed by atoms with Gasteiger partial charge >= 0.3 is 5.97 Å². The Morgan fingerprint density at radius 3 is 2.72 bits per heavy atom. The number of halogens is 1. The molecular formula is C13H8ClNO3. The van der Waals surface area contributed by atoms with E-state index in [-0.39, 0.29) is 10.7 Å². The van der Waals surface area contributed by atoms with Crippen molar-refractivity contribution in [2.45, 2.75) is 0 Å². The summed E-state index contributed by atoms with van der Waals surface area (Å²) in [5.74, 6) is -1.15. The molecule has 1 aromatic carbocycles. The molecule has 0 fully saturated rings. The van der Waals surface area contributed by atoms with Crippen molar-refractivity contribution in [3.05, 3.63) is 52.8 Å². The van der Waals surface area contributed by atoms with Crippen molar-refractivity contribution in [2.75, 3.05) is 0 Å². The molecule has 90 valence electrons. The fourth-order valence-electron chi connectivity index (χ4n) is 1.61. The minimum atomic E-state index is -1.15. The Kier molecular flexibility index (Phi) is 3.39. The summed E-state index contributed by atoms with van der Waals surface area (Å²) in [7, 11) is 0. The highest BCUT2D eigenvalue weighted by atomic mass is 35.5. The van der Waals surface area contributed by atoms with Crippen LogP contribution in [0.3, 0.4) is 0 Å². The van der Waals surface area contributed by atoms with Gasteiger partial charge in [-0.1, -0.05) is 35.9 Å². The van der Waals surface area contributed by atoms with Crippen LogP contribution in [-0.2, 0) is 0 Å². The molecule has 2 aromatic rings. The first-order chi connectivity index (χ1) is 8.63. The van der Waals surface area contributed by atoms with Crippen LogP contribution in [0.5, 0.6) is 0 Å². The lowest BCUT2D eigenvalue weighted by atomic mass is 10.0. The maximum absolute atomic E-state index is 11.0. The number of carboxylic acid groups (broad SMARTS) is 1. The highest BCUT2D eigenvalue weighted by Crippen LogP contribution is 2.25. The molecule has 0 saturated heterocycles. The van der Waals surface area contributed by atoms with Crippen LogP contribution < -0.4 is 0 Å². The summed E-state index contributed by atoms with van der Waals surface area (Å²) in [6, 6.07) is 8.27. The lowest BCUT2D eigenvalue weighted by molar-refractivity contribution is 0.0696. The second kappa shape index (κ2) is 4.98. The van der Waals surface area contributed by atoms with E-state index in [9.17, 15) is 9.59 Å². The molecule has 0 aliphatic heterocycles. The van der Waals surface area contributed by atoms with Crippen molar-refractivity contribution in [3.8, 4) is 11.1 Å². The number of aromatic carboxylic acids is 1. The Labute approximate surface area is 108 Å². The van der Waals surface area contributed by atoms with Gasteiger partial charge in [0.15, 0.2) is 6.29 Å². The van der Waals surface area contributed by atoms with Gasteiger partial charge in [-0.15, -0.1) is 0 Å². The molecule has 1 heterocycles. The molecule has 0 radical (unpaired) electrons. The van der Waals surface area contributed by atoms with E-state index in [1.165, 1.54) is 12.3 Å². The number of hydrogen-bond donors (Lipinski definition) is 1. The van der Waals surface area contributed by atoms with Gasteiger partial charge in [0, 0.05) is 17.3 Å². The molecule has 0 amide bonds. The average molecular weight is 262 g/mol. The summed E-state index contributed by atoms with van der Waals surface area (Å²) < 4.78 is 0. The number of nitrogens with zero attached hydrogens (tertiary/aromatic N) is 1. The van der Waals surface area contributed by atoms with Gasteiger partial charge in [0.2, 0.25) is 0 Å². The third-order valence-corrected chi connectivity index (χ3v) is 2.77. The van der Waals surface area contributed by atoms with Gasteiger partial charge in [-0.25, -0.2) is 9.78 Å². The molecule has 5 heteroatoms. The van der Waals surface area contributed by atoms with Gasteiger partial charge in [-0.05, 0) is 11.6 Å². The number of benzene rings is 1. The van der Waals surface area contributed by atoms with Crippen LogP contribution in [0.1, 0.15) is 20.7 Å². The molecule has 4 nitrogen and oxygen atoms in total. The maximum Gasteiger partial charge on any atom is 0.338 e. The van der Waals surface area contributed by atoms with Crippen LogP contribution in [0, 0.1) is 0 Å². The van der Waals surface area contributed by atoms with Crippen LogP contribution in [0.25, 0.3) is 11.1 Å². The molecule has 0 aliphatic carbocycles. The topological polar surface area (TPSA) is 67.3 Å². The number of aldehydes is 1. The number of rotatable bonds is 3. The van der Waals surface area contributed by atoms with E-state index in [1.54, 1.807) is 24.3 Å². The third-order valence-electron chi connectivity index (χ3n) is 2.47. The van der Waals surface area contributed by atoms with Gasteiger partial charge < -0.3 is 5.11 Å². The molecule has 0 atom stereocenters. The Morgan fingerprint density at radius 2 is 2.06 bits per heavy atom. The summed E-state index contributed by atoms with van der Waals surface area (Å²) in [5, 5.41) is 8.90. The van der Waals surface area contributed by atoms with Crippen molar-refractivity contribution in [3.63, 3.8) is 0 Å². The summed E-state index contributed by atoms with van der Waals surface area (Å²) in [4.78, 5) is 25.7. The van der Waals surface area contributed by atoms with Gasteiger partial charge in [0.05, 0.1) is 5.56 Å². The minimum absolute atomic E-state index is 0.0742. The van der Waals surface area contributed by atoms with Crippen LogP contribution in [0.15, 0.2) is 36.5 Å². The molecule has 0 spiro atoms.